The van der Waals surface area contributed by atoms with Crippen molar-refractivity contribution in [1.82, 2.24) is 4.98 Å². The molecule has 0 N–H and O–H groups in total. The van der Waals surface area contributed by atoms with Gasteiger partial charge in [-0.05, 0) is 6.42 Å². The maximum Gasteiger partial charge on any atom is 0.385 e. The summed E-state index contributed by atoms with van der Waals surface area (Å²) in [6.07, 6.45) is 3.47. The maximum absolute atomic E-state index is 13.5. The van der Waals surface area contributed by atoms with Gasteiger partial charge in [-0.3, -0.25) is 0 Å². The Bertz CT molecular complexity index is 398. The summed E-state index contributed by atoms with van der Waals surface area (Å²) < 4.78 is 31.6. The van der Waals surface area contributed by atoms with Crippen LogP contribution in [0.3, 0.4) is 0 Å². The van der Waals surface area contributed by atoms with Gasteiger partial charge in [-0.25, -0.2) is 9.78 Å². The lowest BCUT2D eigenvalue weighted by molar-refractivity contribution is -0.174. The fraction of sp³-hybridized carbons (Fsp3) is 0.636. The quantitative estimate of drug-likeness (QED) is 0.564. The largest absolute Gasteiger partial charge is 0.461 e. The van der Waals surface area contributed by atoms with Crippen LogP contribution in [0.25, 0.3) is 0 Å². The van der Waals surface area contributed by atoms with E-state index in [-0.39, 0.29) is 11.1 Å². The number of alkyl halides is 2. The van der Waals surface area contributed by atoms with Crippen molar-refractivity contribution in [2.75, 3.05) is 6.61 Å². The van der Waals surface area contributed by atoms with Gasteiger partial charge in [-0.15, -0.1) is 11.3 Å². The van der Waals surface area contributed by atoms with Crippen molar-refractivity contribution >= 4 is 28.9 Å². The number of carbonyl (C=O) groups is 1. The minimum absolute atomic E-state index is 0.00624. The van der Waals surface area contributed by atoms with E-state index in [1.165, 1.54) is 0 Å². The lowest BCUT2D eigenvalue weighted by Crippen LogP contribution is -2.29. The molecule has 0 aliphatic carbocycles. The van der Waals surface area contributed by atoms with Crippen LogP contribution in [-0.4, -0.2) is 17.6 Å². The summed E-state index contributed by atoms with van der Waals surface area (Å²) in [7, 11) is 0. The number of esters is 1. The van der Waals surface area contributed by atoms with Gasteiger partial charge in [-0.2, -0.15) is 8.78 Å². The molecule has 0 aliphatic heterocycles. The monoisotopic (exact) mass is 297 g/mol. The van der Waals surface area contributed by atoms with E-state index in [0.29, 0.717) is 6.42 Å². The molecule has 0 fully saturated rings. The minimum Gasteiger partial charge on any atom is -0.461 e. The number of halogens is 3. The first kappa shape index (κ1) is 15.3. The Balaban J connectivity index is 2.45. The van der Waals surface area contributed by atoms with Crippen LogP contribution in [0.5, 0.6) is 0 Å². The highest BCUT2D eigenvalue weighted by atomic mass is 35.5. The van der Waals surface area contributed by atoms with Crippen molar-refractivity contribution in [2.45, 2.75) is 38.5 Å². The second-order valence-corrected chi connectivity index (χ2v) is 5.20. The average molecular weight is 298 g/mol. The number of nitrogens with zero attached hydrogens (tertiary/aromatic N) is 1. The van der Waals surface area contributed by atoms with E-state index < -0.39 is 17.6 Å². The number of carbonyl (C=O) groups excluding carboxylic acids is 1. The van der Waals surface area contributed by atoms with Crippen molar-refractivity contribution < 1.29 is 18.3 Å². The zero-order valence-electron chi connectivity index (χ0n) is 9.92. The van der Waals surface area contributed by atoms with Crippen molar-refractivity contribution in [2.24, 2.45) is 0 Å². The Labute approximate surface area is 113 Å². The normalized spacial score (nSPS) is 11.6. The Hall–Kier alpha value is -0.750. The summed E-state index contributed by atoms with van der Waals surface area (Å²) in [4.78, 5) is 14.7. The summed E-state index contributed by atoms with van der Waals surface area (Å²) in [5.74, 6) is -5.30. The molecule has 0 radical (unpaired) electrons. The topological polar surface area (TPSA) is 39.2 Å². The SMILES string of the molecule is CCCCCCOC(=O)C(F)(F)c1csc(Cl)n1. The number of hydrogen-bond donors (Lipinski definition) is 0. The fourth-order valence-electron chi connectivity index (χ4n) is 1.28. The molecule has 0 atom stereocenters. The second kappa shape index (κ2) is 6.99. The Morgan fingerprint density at radius 1 is 1.50 bits per heavy atom. The molecule has 18 heavy (non-hydrogen) atoms. The van der Waals surface area contributed by atoms with Gasteiger partial charge in [0.15, 0.2) is 4.47 Å². The zero-order valence-corrected chi connectivity index (χ0v) is 11.5. The molecule has 0 aromatic carbocycles. The lowest BCUT2D eigenvalue weighted by atomic mass is 10.2. The molecule has 1 aromatic heterocycles. The summed E-state index contributed by atoms with van der Waals surface area (Å²) in [6.45, 7) is 2.04. The van der Waals surface area contributed by atoms with Crippen LogP contribution in [0.1, 0.15) is 38.3 Å². The van der Waals surface area contributed by atoms with Crippen molar-refractivity contribution in [1.29, 1.82) is 0 Å². The van der Waals surface area contributed by atoms with Crippen molar-refractivity contribution in [3.05, 3.63) is 15.5 Å². The van der Waals surface area contributed by atoms with Gasteiger partial charge in [0.2, 0.25) is 0 Å². The summed E-state index contributed by atoms with van der Waals surface area (Å²) in [5.41, 5.74) is -0.656. The Morgan fingerprint density at radius 2 is 2.22 bits per heavy atom. The highest BCUT2D eigenvalue weighted by molar-refractivity contribution is 7.14. The fourth-order valence-corrected chi connectivity index (χ4v) is 2.07. The van der Waals surface area contributed by atoms with Gasteiger partial charge >= 0.3 is 11.9 Å². The molecular weight excluding hydrogens is 284 g/mol. The molecule has 0 bridgehead atoms. The van der Waals surface area contributed by atoms with Gasteiger partial charge in [0, 0.05) is 5.38 Å². The van der Waals surface area contributed by atoms with Gasteiger partial charge in [0.25, 0.3) is 0 Å². The van der Waals surface area contributed by atoms with Crippen LogP contribution < -0.4 is 0 Å². The highest BCUT2D eigenvalue weighted by Gasteiger charge is 2.45. The van der Waals surface area contributed by atoms with E-state index in [4.69, 9.17) is 11.6 Å². The zero-order chi connectivity index (χ0) is 13.6. The molecule has 0 unspecified atom stereocenters. The molecule has 0 amide bonds. The summed E-state index contributed by atoms with van der Waals surface area (Å²) >= 11 is 6.30. The van der Waals surface area contributed by atoms with Crippen LogP contribution in [0.15, 0.2) is 5.38 Å². The van der Waals surface area contributed by atoms with Gasteiger partial charge in [0.1, 0.15) is 5.69 Å². The lowest BCUT2D eigenvalue weighted by Gasteiger charge is -2.12. The van der Waals surface area contributed by atoms with Crippen LogP contribution in [0.4, 0.5) is 8.78 Å². The van der Waals surface area contributed by atoms with Crippen LogP contribution in [0.2, 0.25) is 4.47 Å². The number of aromatic nitrogens is 1. The number of ether oxygens (including phenoxy) is 1. The van der Waals surface area contributed by atoms with E-state index in [1.807, 2.05) is 6.92 Å². The highest BCUT2D eigenvalue weighted by Crippen LogP contribution is 2.31. The van der Waals surface area contributed by atoms with Gasteiger partial charge in [-0.1, -0.05) is 37.8 Å². The van der Waals surface area contributed by atoms with Crippen LogP contribution >= 0.6 is 22.9 Å². The van der Waals surface area contributed by atoms with E-state index >= 15 is 0 Å². The predicted octanol–water partition coefficient (Wildman–Crippen LogP) is 4.01. The predicted molar refractivity (Wildman–Crippen MR) is 66.1 cm³/mol. The molecule has 0 saturated heterocycles. The van der Waals surface area contributed by atoms with E-state index in [9.17, 15) is 13.6 Å². The maximum atomic E-state index is 13.5. The number of rotatable bonds is 7. The van der Waals surface area contributed by atoms with Crippen LogP contribution in [0, 0.1) is 0 Å². The first-order chi connectivity index (χ1) is 8.48. The molecule has 0 saturated carbocycles. The van der Waals surface area contributed by atoms with Gasteiger partial charge < -0.3 is 4.74 Å². The van der Waals surface area contributed by atoms with Gasteiger partial charge in [0.05, 0.1) is 6.61 Å². The number of thiazole rings is 1. The smallest absolute Gasteiger partial charge is 0.385 e. The molecule has 1 heterocycles. The van der Waals surface area contributed by atoms with Crippen molar-refractivity contribution in [3.63, 3.8) is 0 Å². The number of unbranched alkanes of at least 4 members (excludes halogenated alkanes) is 3. The molecule has 1 rings (SSSR count). The summed E-state index contributed by atoms with van der Waals surface area (Å²) in [5, 5.41) is 1.06. The molecular formula is C11H14ClF2NO2S. The average Bonchev–Trinajstić information content (AvgIpc) is 2.76. The molecule has 0 spiro atoms. The Morgan fingerprint density at radius 3 is 2.78 bits per heavy atom. The van der Waals surface area contributed by atoms with E-state index in [2.05, 4.69) is 9.72 Å². The van der Waals surface area contributed by atoms with Crippen LogP contribution in [-0.2, 0) is 15.5 Å². The first-order valence-corrected chi connectivity index (χ1v) is 6.90. The third-order valence-electron chi connectivity index (χ3n) is 2.29. The molecule has 102 valence electrons. The first-order valence-electron chi connectivity index (χ1n) is 5.65. The standard InChI is InChI=1S/C11H14ClF2NO2S/c1-2-3-4-5-6-17-9(16)11(13,14)8-7-18-10(12)15-8/h7H,2-6H2,1H3. The third kappa shape index (κ3) is 4.17. The van der Waals surface area contributed by atoms with E-state index in [1.54, 1.807) is 0 Å². The van der Waals surface area contributed by atoms with Crippen molar-refractivity contribution in [3.8, 4) is 0 Å². The van der Waals surface area contributed by atoms with E-state index in [0.717, 1.165) is 36.0 Å². The summed E-state index contributed by atoms with van der Waals surface area (Å²) in [6, 6.07) is 0. The third-order valence-corrected chi connectivity index (χ3v) is 3.26. The molecule has 3 nitrogen and oxygen atoms in total. The molecule has 7 heteroatoms. The number of hydrogen-bond acceptors (Lipinski definition) is 4. The second-order valence-electron chi connectivity index (χ2n) is 3.76. The minimum atomic E-state index is -3.73. The Kier molecular flexibility index (Phi) is 5.95. The molecule has 1 aromatic rings. The molecule has 0 aliphatic rings.